The summed E-state index contributed by atoms with van der Waals surface area (Å²) in [5.41, 5.74) is 1.69. The van der Waals surface area contributed by atoms with Crippen molar-refractivity contribution in [1.29, 1.82) is 0 Å². The molecule has 2 heterocycles. The third kappa shape index (κ3) is 3.04. The van der Waals surface area contributed by atoms with Gasteiger partial charge in [-0.1, -0.05) is 0 Å². The number of likely N-dealkylation sites (N-methyl/N-ethyl adjacent to an activating group) is 1. The molecule has 110 valence electrons. The van der Waals surface area contributed by atoms with Gasteiger partial charge in [0.15, 0.2) is 5.65 Å². The van der Waals surface area contributed by atoms with Crippen LogP contribution >= 0.6 is 11.6 Å². The molecule has 2 rings (SSSR count). The van der Waals surface area contributed by atoms with Crippen LogP contribution in [0, 0.1) is 0 Å². The van der Waals surface area contributed by atoms with Crippen molar-refractivity contribution in [2.75, 3.05) is 20.7 Å². The second-order valence-electron chi connectivity index (χ2n) is 5.08. The van der Waals surface area contributed by atoms with Gasteiger partial charge in [-0.15, -0.1) is 11.6 Å². The predicted molar refractivity (Wildman–Crippen MR) is 81.4 cm³/mol. The minimum atomic E-state index is 0.379. The van der Waals surface area contributed by atoms with E-state index in [4.69, 9.17) is 16.3 Å². The third-order valence-corrected chi connectivity index (χ3v) is 3.77. The second kappa shape index (κ2) is 6.41. The molecule has 0 aromatic carbocycles. The van der Waals surface area contributed by atoms with Crippen LogP contribution in [0.2, 0.25) is 0 Å². The Morgan fingerprint density at radius 3 is 2.70 bits per heavy atom. The Morgan fingerprint density at radius 1 is 1.35 bits per heavy atom. The smallest absolute Gasteiger partial charge is 0.215 e. The summed E-state index contributed by atoms with van der Waals surface area (Å²) in [5.74, 6) is 1.82. The van der Waals surface area contributed by atoms with E-state index in [0.717, 1.165) is 30.1 Å². The Bertz CT molecular complexity index is 582. The zero-order chi connectivity index (χ0) is 14.7. The van der Waals surface area contributed by atoms with Gasteiger partial charge in [-0.3, -0.25) is 0 Å². The summed E-state index contributed by atoms with van der Waals surface area (Å²) in [6.45, 7) is 6.09. The largest absolute Gasteiger partial charge is 0.481 e. The van der Waals surface area contributed by atoms with Crippen LogP contribution in [-0.2, 0) is 12.4 Å². The SMILES string of the molecule is COc1ccc2nc(CCl)n(CCN(C)C(C)C)c2n1. The fourth-order valence-electron chi connectivity index (χ4n) is 2.00. The van der Waals surface area contributed by atoms with Crippen LogP contribution in [-0.4, -0.2) is 46.2 Å². The van der Waals surface area contributed by atoms with Crippen LogP contribution < -0.4 is 4.74 Å². The highest BCUT2D eigenvalue weighted by Crippen LogP contribution is 2.19. The molecule has 0 aliphatic carbocycles. The molecule has 0 spiro atoms. The normalized spacial score (nSPS) is 11.8. The first-order valence-electron chi connectivity index (χ1n) is 6.73. The molecule has 0 N–H and O–H groups in total. The Balaban J connectivity index is 2.33. The highest BCUT2D eigenvalue weighted by molar-refractivity contribution is 6.16. The van der Waals surface area contributed by atoms with Crippen molar-refractivity contribution in [2.45, 2.75) is 32.3 Å². The number of imidazole rings is 1. The molecule has 0 bridgehead atoms. The maximum Gasteiger partial charge on any atom is 0.215 e. The van der Waals surface area contributed by atoms with Gasteiger partial charge in [0.1, 0.15) is 11.3 Å². The van der Waals surface area contributed by atoms with E-state index in [0.29, 0.717) is 17.8 Å². The summed E-state index contributed by atoms with van der Waals surface area (Å²) in [6, 6.07) is 4.24. The first kappa shape index (κ1) is 15.1. The van der Waals surface area contributed by atoms with Gasteiger partial charge >= 0.3 is 0 Å². The molecule has 2 aromatic heterocycles. The molecular weight excluding hydrogens is 276 g/mol. The number of methoxy groups -OCH3 is 1. The van der Waals surface area contributed by atoms with Crippen molar-refractivity contribution in [3.63, 3.8) is 0 Å². The summed E-state index contributed by atoms with van der Waals surface area (Å²) < 4.78 is 7.26. The van der Waals surface area contributed by atoms with Gasteiger partial charge in [-0.2, -0.15) is 4.98 Å². The van der Waals surface area contributed by atoms with Crippen molar-refractivity contribution >= 4 is 22.8 Å². The molecule has 5 nitrogen and oxygen atoms in total. The van der Waals surface area contributed by atoms with E-state index in [1.807, 2.05) is 12.1 Å². The monoisotopic (exact) mass is 296 g/mol. The van der Waals surface area contributed by atoms with Crippen LogP contribution in [0.3, 0.4) is 0 Å². The maximum absolute atomic E-state index is 6.00. The number of pyridine rings is 1. The number of aromatic nitrogens is 3. The quantitative estimate of drug-likeness (QED) is 0.768. The zero-order valence-corrected chi connectivity index (χ0v) is 13.2. The van der Waals surface area contributed by atoms with Crippen molar-refractivity contribution < 1.29 is 4.74 Å². The molecule has 0 atom stereocenters. The molecule has 0 unspecified atom stereocenters. The number of hydrogen-bond donors (Lipinski definition) is 0. The minimum absolute atomic E-state index is 0.379. The average molecular weight is 297 g/mol. The third-order valence-electron chi connectivity index (χ3n) is 3.53. The van der Waals surface area contributed by atoms with Crippen LogP contribution in [0.15, 0.2) is 12.1 Å². The first-order chi connectivity index (χ1) is 9.56. The van der Waals surface area contributed by atoms with Gasteiger partial charge in [-0.25, -0.2) is 4.98 Å². The number of hydrogen-bond acceptors (Lipinski definition) is 4. The van der Waals surface area contributed by atoms with E-state index in [1.54, 1.807) is 7.11 Å². The molecule has 0 aliphatic rings. The molecule has 2 aromatic rings. The van der Waals surface area contributed by atoms with Crippen LogP contribution in [0.1, 0.15) is 19.7 Å². The van der Waals surface area contributed by atoms with E-state index < -0.39 is 0 Å². The van der Waals surface area contributed by atoms with E-state index in [9.17, 15) is 0 Å². The average Bonchev–Trinajstić information content (AvgIpc) is 2.81. The molecular formula is C14H21ClN4O. The standard InChI is InChI=1S/C14H21ClN4O/c1-10(2)18(3)7-8-19-12(9-15)16-11-5-6-13(20-4)17-14(11)19/h5-6,10H,7-9H2,1-4H3. The molecule has 0 amide bonds. The fraction of sp³-hybridized carbons (Fsp3) is 0.571. The number of rotatable bonds is 6. The molecule has 6 heteroatoms. The van der Waals surface area contributed by atoms with Crippen molar-refractivity contribution in [3.05, 3.63) is 18.0 Å². The summed E-state index contributed by atoms with van der Waals surface area (Å²) in [6.07, 6.45) is 0. The highest BCUT2D eigenvalue weighted by Gasteiger charge is 2.13. The maximum atomic E-state index is 6.00. The van der Waals surface area contributed by atoms with Crippen LogP contribution in [0.4, 0.5) is 0 Å². The summed E-state index contributed by atoms with van der Waals surface area (Å²) in [5, 5.41) is 0. The van der Waals surface area contributed by atoms with Crippen LogP contribution in [0.5, 0.6) is 5.88 Å². The topological polar surface area (TPSA) is 43.2 Å². The lowest BCUT2D eigenvalue weighted by Gasteiger charge is -2.21. The van der Waals surface area contributed by atoms with Gasteiger partial charge < -0.3 is 14.2 Å². The molecule has 20 heavy (non-hydrogen) atoms. The molecule has 0 aliphatic heterocycles. The van der Waals surface area contributed by atoms with Gasteiger partial charge in [-0.05, 0) is 27.0 Å². The van der Waals surface area contributed by atoms with Crippen molar-refractivity contribution in [3.8, 4) is 5.88 Å². The lowest BCUT2D eigenvalue weighted by molar-refractivity contribution is 0.263. The Hall–Kier alpha value is -1.33. The lowest BCUT2D eigenvalue weighted by Crippen LogP contribution is -2.30. The van der Waals surface area contributed by atoms with E-state index in [-0.39, 0.29) is 0 Å². The van der Waals surface area contributed by atoms with Gasteiger partial charge in [0.05, 0.1) is 13.0 Å². The van der Waals surface area contributed by atoms with Crippen LogP contribution in [0.25, 0.3) is 11.2 Å². The summed E-state index contributed by atoms with van der Waals surface area (Å²) in [4.78, 5) is 11.3. The highest BCUT2D eigenvalue weighted by atomic mass is 35.5. The predicted octanol–water partition coefficient (Wildman–Crippen LogP) is 2.52. The molecule has 0 fully saturated rings. The molecule has 0 radical (unpaired) electrons. The Morgan fingerprint density at radius 2 is 2.10 bits per heavy atom. The fourth-order valence-corrected chi connectivity index (χ4v) is 2.20. The number of nitrogens with zero attached hydrogens (tertiary/aromatic N) is 4. The second-order valence-corrected chi connectivity index (χ2v) is 5.35. The van der Waals surface area contributed by atoms with E-state index >= 15 is 0 Å². The van der Waals surface area contributed by atoms with Gasteiger partial charge in [0.2, 0.25) is 5.88 Å². The lowest BCUT2D eigenvalue weighted by atomic mass is 10.3. The number of ether oxygens (including phenoxy) is 1. The van der Waals surface area contributed by atoms with Gasteiger partial charge in [0.25, 0.3) is 0 Å². The molecule has 0 saturated carbocycles. The number of halogens is 1. The summed E-state index contributed by atoms with van der Waals surface area (Å²) >= 11 is 6.00. The minimum Gasteiger partial charge on any atom is -0.481 e. The Labute approximate surface area is 124 Å². The van der Waals surface area contributed by atoms with E-state index in [2.05, 4.69) is 40.3 Å². The van der Waals surface area contributed by atoms with Crippen molar-refractivity contribution in [1.82, 2.24) is 19.4 Å². The zero-order valence-electron chi connectivity index (χ0n) is 12.4. The summed E-state index contributed by atoms with van der Waals surface area (Å²) in [7, 11) is 3.72. The van der Waals surface area contributed by atoms with Crippen molar-refractivity contribution in [2.24, 2.45) is 0 Å². The Kier molecular flexibility index (Phi) is 4.83. The van der Waals surface area contributed by atoms with E-state index in [1.165, 1.54) is 0 Å². The molecule has 0 saturated heterocycles. The number of fused-ring (bicyclic) bond motifs is 1. The van der Waals surface area contributed by atoms with Gasteiger partial charge in [0, 0.05) is 25.2 Å². The number of alkyl halides is 1. The first-order valence-corrected chi connectivity index (χ1v) is 7.26.